The molecule has 2 N–H and O–H groups in total. The van der Waals surface area contributed by atoms with E-state index in [1.165, 1.54) is 31.4 Å². The molecule has 5 nitrogen and oxygen atoms in total. The highest BCUT2D eigenvalue weighted by Crippen LogP contribution is 2.29. The lowest BCUT2D eigenvalue weighted by atomic mass is 9.92. The van der Waals surface area contributed by atoms with Crippen LogP contribution in [0.1, 0.15) is 57.9 Å². The number of amides is 2. The molecule has 2 unspecified atom stereocenters. The van der Waals surface area contributed by atoms with E-state index in [1.807, 2.05) is 18.7 Å². The fourth-order valence-corrected chi connectivity index (χ4v) is 4.68. The maximum Gasteiger partial charge on any atom is 0.239 e. The Hall–Kier alpha value is -1.95. The summed E-state index contributed by atoms with van der Waals surface area (Å²) in [4.78, 5) is 29.8. The normalized spacial score (nSPS) is 21.4. The molecule has 6 heteroatoms. The number of rotatable bonds is 6. The molecule has 1 saturated carbocycles. The molecular formula is C23H34FN3O2. The smallest absolute Gasteiger partial charge is 0.239 e. The number of halogens is 1. The fraction of sp³-hybridized carbons (Fsp3) is 0.652. The molecule has 2 amide bonds. The van der Waals surface area contributed by atoms with E-state index in [1.54, 1.807) is 12.1 Å². The van der Waals surface area contributed by atoms with Gasteiger partial charge in [0.05, 0.1) is 12.1 Å². The molecule has 1 saturated heterocycles. The second-order valence-corrected chi connectivity index (χ2v) is 8.86. The van der Waals surface area contributed by atoms with Crippen LogP contribution in [0, 0.1) is 11.7 Å². The summed E-state index contributed by atoms with van der Waals surface area (Å²) in [5, 5.41) is 0. The van der Waals surface area contributed by atoms with Crippen molar-refractivity contribution >= 4 is 11.8 Å². The lowest BCUT2D eigenvalue weighted by Crippen LogP contribution is -2.51. The van der Waals surface area contributed by atoms with Gasteiger partial charge in [-0.3, -0.25) is 9.59 Å². The van der Waals surface area contributed by atoms with E-state index in [-0.39, 0.29) is 29.6 Å². The Kier molecular flexibility index (Phi) is 7.28. The number of nitrogens with zero attached hydrogens (tertiary/aromatic N) is 2. The van der Waals surface area contributed by atoms with Crippen molar-refractivity contribution in [2.24, 2.45) is 11.7 Å². The summed E-state index contributed by atoms with van der Waals surface area (Å²) in [6.45, 7) is 5.10. The number of benzene rings is 1. The van der Waals surface area contributed by atoms with E-state index in [9.17, 15) is 14.0 Å². The van der Waals surface area contributed by atoms with Crippen LogP contribution in [0.3, 0.4) is 0 Å². The van der Waals surface area contributed by atoms with Crippen LogP contribution in [0.2, 0.25) is 0 Å². The average Bonchev–Trinajstić information content (AvgIpc) is 3.19. The molecule has 0 bridgehead atoms. The minimum Gasteiger partial charge on any atom is -0.339 e. The molecule has 29 heavy (non-hydrogen) atoms. The van der Waals surface area contributed by atoms with Crippen molar-refractivity contribution in [3.63, 3.8) is 0 Å². The first kappa shape index (κ1) is 21.8. The molecule has 1 aliphatic heterocycles. The first-order chi connectivity index (χ1) is 13.9. The number of carbonyl (C=O) groups is 2. The molecule has 2 aliphatic rings. The van der Waals surface area contributed by atoms with Gasteiger partial charge in [0.15, 0.2) is 0 Å². The highest BCUT2D eigenvalue weighted by atomic mass is 19.1. The van der Waals surface area contributed by atoms with E-state index >= 15 is 0 Å². The van der Waals surface area contributed by atoms with E-state index in [0.717, 1.165) is 24.8 Å². The van der Waals surface area contributed by atoms with Gasteiger partial charge >= 0.3 is 0 Å². The Balaban J connectivity index is 1.63. The van der Waals surface area contributed by atoms with Crippen LogP contribution >= 0.6 is 0 Å². The Morgan fingerprint density at radius 1 is 1.10 bits per heavy atom. The molecule has 1 heterocycles. The monoisotopic (exact) mass is 403 g/mol. The zero-order valence-electron chi connectivity index (χ0n) is 17.6. The van der Waals surface area contributed by atoms with Crippen LogP contribution in [0.5, 0.6) is 0 Å². The molecule has 2 atom stereocenters. The lowest BCUT2D eigenvalue weighted by molar-refractivity contribution is -0.141. The van der Waals surface area contributed by atoms with Gasteiger partial charge in [-0.05, 0) is 43.4 Å². The maximum absolute atomic E-state index is 13.1. The SMILES string of the molecule is CC(C)C(=O)N(C1CCCCC1)C1CCN(C(=O)C(N)Cc2ccc(F)cc2)C1. The Labute approximate surface area is 173 Å². The van der Waals surface area contributed by atoms with Crippen LogP contribution in [-0.2, 0) is 16.0 Å². The van der Waals surface area contributed by atoms with Crippen molar-refractivity contribution in [1.82, 2.24) is 9.80 Å². The van der Waals surface area contributed by atoms with Crippen molar-refractivity contribution < 1.29 is 14.0 Å². The average molecular weight is 404 g/mol. The topological polar surface area (TPSA) is 66.6 Å². The van der Waals surface area contributed by atoms with Crippen LogP contribution in [-0.4, -0.2) is 52.8 Å². The molecule has 160 valence electrons. The van der Waals surface area contributed by atoms with E-state index in [0.29, 0.717) is 25.6 Å². The summed E-state index contributed by atoms with van der Waals surface area (Å²) in [5.74, 6) is -0.222. The molecule has 1 aliphatic carbocycles. The van der Waals surface area contributed by atoms with Crippen molar-refractivity contribution in [2.75, 3.05) is 13.1 Å². The quantitative estimate of drug-likeness (QED) is 0.794. The number of carbonyl (C=O) groups excluding carboxylic acids is 2. The molecule has 0 spiro atoms. The second kappa shape index (κ2) is 9.70. The van der Waals surface area contributed by atoms with Gasteiger partial charge in [-0.1, -0.05) is 45.2 Å². The van der Waals surface area contributed by atoms with Gasteiger partial charge in [-0.15, -0.1) is 0 Å². The third-order valence-electron chi connectivity index (χ3n) is 6.27. The Morgan fingerprint density at radius 2 is 1.76 bits per heavy atom. The van der Waals surface area contributed by atoms with Gasteiger partial charge in [0.1, 0.15) is 5.82 Å². The Bertz CT molecular complexity index is 701. The van der Waals surface area contributed by atoms with Crippen molar-refractivity contribution in [3.8, 4) is 0 Å². The van der Waals surface area contributed by atoms with Gasteiger partial charge in [-0.25, -0.2) is 4.39 Å². The zero-order chi connectivity index (χ0) is 21.0. The molecular weight excluding hydrogens is 369 g/mol. The minimum atomic E-state index is -0.650. The van der Waals surface area contributed by atoms with Crippen molar-refractivity contribution in [3.05, 3.63) is 35.6 Å². The van der Waals surface area contributed by atoms with E-state index in [4.69, 9.17) is 5.73 Å². The van der Waals surface area contributed by atoms with Crippen LogP contribution < -0.4 is 5.73 Å². The van der Waals surface area contributed by atoms with Crippen molar-refractivity contribution in [1.29, 1.82) is 0 Å². The predicted octanol–water partition coefficient (Wildman–Crippen LogP) is 3.11. The molecule has 0 radical (unpaired) electrons. The van der Waals surface area contributed by atoms with Gasteiger partial charge in [0.2, 0.25) is 11.8 Å². The molecule has 3 rings (SSSR count). The molecule has 1 aromatic carbocycles. The third-order valence-corrected chi connectivity index (χ3v) is 6.27. The van der Waals surface area contributed by atoms with E-state index in [2.05, 4.69) is 4.90 Å². The van der Waals surface area contributed by atoms with Crippen LogP contribution in [0.25, 0.3) is 0 Å². The summed E-state index contributed by atoms with van der Waals surface area (Å²) < 4.78 is 13.1. The molecule has 1 aromatic rings. The summed E-state index contributed by atoms with van der Waals surface area (Å²) >= 11 is 0. The third kappa shape index (κ3) is 5.35. The highest BCUT2D eigenvalue weighted by molar-refractivity contribution is 5.83. The summed E-state index contributed by atoms with van der Waals surface area (Å²) in [6, 6.07) is 5.84. The summed E-state index contributed by atoms with van der Waals surface area (Å²) in [6.07, 6.45) is 6.91. The van der Waals surface area contributed by atoms with Crippen LogP contribution in [0.4, 0.5) is 4.39 Å². The number of likely N-dealkylation sites (tertiary alicyclic amines) is 1. The summed E-state index contributed by atoms with van der Waals surface area (Å²) in [7, 11) is 0. The Morgan fingerprint density at radius 3 is 2.38 bits per heavy atom. The van der Waals surface area contributed by atoms with Gasteiger partial charge < -0.3 is 15.5 Å². The predicted molar refractivity (Wildman–Crippen MR) is 112 cm³/mol. The van der Waals surface area contributed by atoms with Crippen molar-refractivity contribution in [2.45, 2.75) is 76.9 Å². The van der Waals surface area contributed by atoms with Gasteiger partial charge in [-0.2, -0.15) is 0 Å². The summed E-state index contributed by atoms with van der Waals surface area (Å²) in [5.41, 5.74) is 7.02. The van der Waals surface area contributed by atoms with Gasteiger partial charge in [0.25, 0.3) is 0 Å². The number of hydrogen-bond donors (Lipinski definition) is 1. The first-order valence-corrected chi connectivity index (χ1v) is 11.0. The minimum absolute atomic E-state index is 0.0394. The lowest BCUT2D eigenvalue weighted by Gasteiger charge is -2.39. The van der Waals surface area contributed by atoms with E-state index < -0.39 is 6.04 Å². The highest BCUT2D eigenvalue weighted by Gasteiger charge is 2.38. The number of hydrogen-bond acceptors (Lipinski definition) is 3. The standard InChI is InChI=1S/C23H34FN3O2/c1-16(2)22(28)27(19-6-4-3-5-7-19)20-12-13-26(15-20)23(29)21(25)14-17-8-10-18(24)11-9-17/h8-11,16,19-21H,3-7,12-15,25H2,1-2H3. The zero-order valence-corrected chi connectivity index (χ0v) is 17.6. The van der Waals surface area contributed by atoms with Gasteiger partial charge in [0, 0.05) is 25.0 Å². The largest absolute Gasteiger partial charge is 0.339 e. The maximum atomic E-state index is 13.1. The fourth-order valence-electron chi connectivity index (χ4n) is 4.68. The van der Waals surface area contributed by atoms with Crippen LogP contribution in [0.15, 0.2) is 24.3 Å². The number of nitrogens with two attached hydrogens (primary N) is 1. The second-order valence-electron chi connectivity index (χ2n) is 8.86. The molecule has 2 fully saturated rings. The first-order valence-electron chi connectivity index (χ1n) is 11.0. The molecule has 0 aromatic heterocycles.